The highest BCUT2D eigenvalue weighted by atomic mass is 35.5. The molecular weight excluding hydrogens is 443 g/mol. The number of tetrazole rings is 1. The number of aromatic nitrogens is 6. The number of nitrogens with one attached hydrogen (secondary N) is 1. The van der Waals surface area contributed by atoms with Crippen molar-refractivity contribution in [2.75, 3.05) is 13.9 Å². The summed E-state index contributed by atoms with van der Waals surface area (Å²) in [7, 11) is 1.46. The Labute approximate surface area is 186 Å². The van der Waals surface area contributed by atoms with Crippen molar-refractivity contribution < 1.29 is 9.47 Å². The zero-order valence-electron chi connectivity index (χ0n) is 16.2. The van der Waals surface area contributed by atoms with E-state index in [2.05, 4.69) is 25.7 Å². The largest absolute Gasteiger partial charge is 0.448 e. The number of halogens is 2. The van der Waals surface area contributed by atoms with Gasteiger partial charge in [0.05, 0.1) is 6.54 Å². The number of benzene rings is 2. The van der Waals surface area contributed by atoms with Gasteiger partial charge in [-0.1, -0.05) is 71.7 Å². The first-order valence-electron chi connectivity index (χ1n) is 9.08. The number of H-pyrrole nitrogens is 1. The van der Waals surface area contributed by atoms with Gasteiger partial charge < -0.3 is 9.47 Å². The molecule has 9 nitrogen and oxygen atoms in total. The molecule has 0 aliphatic heterocycles. The standard InChI is InChI=1S/C20H16Cl2N6O3/c1-30-11-31-19-16(21)17(22)20(29)28(25-19)10-12-6-8-13(9-7-12)14-4-2-3-5-15(14)18-23-26-27-24-18/h2-9H,10-11H2,1H3,(H,23,24,26,27). The van der Waals surface area contributed by atoms with E-state index in [9.17, 15) is 4.79 Å². The Hall–Kier alpha value is -3.27. The van der Waals surface area contributed by atoms with E-state index in [0.29, 0.717) is 5.82 Å². The summed E-state index contributed by atoms with van der Waals surface area (Å²) < 4.78 is 11.3. The molecule has 2 aromatic heterocycles. The van der Waals surface area contributed by atoms with Gasteiger partial charge in [0.2, 0.25) is 5.82 Å². The smallest absolute Gasteiger partial charge is 0.287 e. The first-order valence-corrected chi connectivity index (χ1v) is 9.84. The predicted molar refractivity (Wildman–Crippen MR) is 115 cm³/mol. The molecule has 2 aromatic carbocycles. The summed E-state index contributed by atoms with van der Waals surface area (Å²) in [6.45, 7) is 0.113. The van der Waals surface area contributed by atoms with Gasteiger partial charge >= 0.3 is 0 Å². The molecule has 11 heteroatoms. The average molecular weight is 459 g/mol. The van der Waals surface area contributed by atoms with Crippen LogP contribution in [0.15, 0.2) is 53.3 Å². The molecule has 4 rings (SSSR count). The quantitative estimate of drug-likeness (QED) is 0.422. The van der Waals surface area contributed by atoms with Crippen LogP contribution in [-0.2, 0) is 11.3 Å². The second-order valence-corrected chi connectivity index (χ2v) is 7.18. The molecule has 0 amide bonds. The van der Waals surface area contributed by atoms with Crippen LogP contribution in [0.4, 0.5) is 0 Å². The first-order chi connectivity index (χ1) is 15.1. The molecule has 0 bridgehead atoms. The monoisotopic (exact) mass is 458 g/mol. The van der Waals surface area contributed by atoms with Crippen LogP contribution in [0, 0.1) is 0 Å². The molecule has 0 saturated carbocycles. The van der Waals surface area contributed by atoms with Gasteiger partial charge in [0.15, 0.2) is 6.79 Å². The molecule has 1 N–H and O–H groups in total. The van der Waals surface area contributed by atoms with Crippen LogP contribution < -0.4 is 10.3 Å². The molecule has 0 saturated heterocycles. The molecule has 2 heterocycles. The third-order valence-electron chi connectivity index (χ3n) is 4.44. The van der Waals surface area contributed by atoms with Crippen molar-refractivity contribution in [3.05, 3.63) is 74.5 Å². The third kappa shape index (κ3) is 4.43. The fraction of sp³-hybridized carbons (Fsp3) is 0.150. The lowest BCUT2D eigenvalue weighted by Gasteiger charge is -2.12. The van der Waals surface area contributed by atoms with Crippen molar-refractivity contribution in [3.8, 4) is 28.4 Å². The summed E-state index contributed by atoms with van der Waals surface area (Å²) in [4.78, 5) is 12.5. The minimum absolute atomic E-state index is 0.0266. The normalized spacial score (nSPS) is 10.9. The van der Waals surface area contributed by atoms with Crippen LogP contribution in [0.5, 0.6) is 5.88 Å². The topological polar surface area (TPSA) is 108 Å². The highest BCUT2D eigenvalue weighted by Gasteiger charge is 2.16. The van der Waals surface area contributed by atoms with E-state index >= 15 is 0 Å². The summed E-state index contributed by atoms with van der Waals surface area (Å²) >= 11 is 12.1. The molecule has 0 radical (unpaired) electrons. The Morgan fingerprint density at radius 1 is 1.03 bits per heavy atom. The maximum Gasteiger partial charge on any atom is 0.287 e. The Morgan fingerprint density at radius 2 is 1.77 bits per heavy atom. The Bertz CT molecular complexity index is 1240. The van der Waals surface area contributed by atoms with Gasteiger partial charge in [-0.2, -0.15) is 5.21 Å². The summed E-state index contributed by atoms with van der Waals surface area (Å²) in [5, 5.41) is 18.2. The summed E-state index contributed by atoms with van der Waals surface area (Å²) in [6.07, 6.45) is 0. The zero-order valence-corrected chi connectivity index (χ0v) is 17.8. The van der Waals surface area contributed by atoms with Gasteiger partial charge in [-0.3, -0.25) is 4.79 Å². The Morgan fingerprint density at radius 3 is 2.45 bits per heavy atom. The number of hydrogen-bond donors (Lipinski definition) is 1. The van der Waals surface area contributed by atoms with E-state index in [0.717, 1.165) is 22.3 Å². The molecule has 158 valence electrons. The molecule has 0 aliphatic rings. The summed E-state index contributed by atoms with van der Waals surface area (Å²) in [6, 6.07) is 15.4. The number of nitrogens with zero attached hydrogens (tertiary/aromatic N) is 5. The average Bonchev–Trinajstić information content (AvgIpc) is 3.34. The van der Waals surface area contributed by atoms with Crippen LogP contribution in [0.25, 0.3) is 22.5 Å². The van der Waals surface area contributed by atoms with E-state index in [1.54, 1.807) is 0 Å². The lowest BCUT2D eigenvalue weighted by Crippen LogP contribution is -2.25. The van der Waals surface area contributed by atoms with Crippen molar-refractivity contribution in [2.24, 2.45) is 0 Å². The summed E-state index contributed by atoms with van der Waals surface area (Å²) in [5.41, 5.74) is 3.10. The number of hydrogen-bond acceptors (Lipinski definition) is 7. The van der Waals surface area contributed by atoms with Crippen molar-refractivity contribution in [3.63, 3.8) is 0 Å². The van der Waals surface area contributed by atoms with E-state index in [1.165, 1.54) is 11.8 Å². The molecule has 0 unspecified atom stereocenters. The molecule has 0 aliphatic carbocycles. The molecule has 31 heavy (non-hydrogen) atoms. The zero-order chi connectivity index (χ0) is 21.8. The number of ether oxygens (including phenoxy) is 2. The highest BCUT2D eigenvalue weighted by molar-refractivity contribution is 6.42. The van der Waals surface area contributed by atoms with Gasteiger partial charge in [-0.15, -0.1) is 15.3 Å². The van der Waals surface area contributed by atoms with Crippen LogP contribution >= 0.6 is 23.2 Å². The number of methoxy groups -OCH3 is 1. The van der Waals surface area contributed by atoms with E-state index in [4.69, 9.17) is 32.7 Å². The molecule has 0 atom stereocenters. The maximum absolute atomic E-state index is 12.5. The van der Waals surface area contributed by atoms with Gasteiger partial charge in [-0.25, -0.2) is 4.68 Å². The molecule has 0 spiro atoms. The second-order valence-electron chi connectivity index (χ2n) is 6.42. The summed E-state index contributed by atoms with van der Waals surface area (Å²) in [5.74, 6) is 0.536. The van der Waals surface area contributed by atoms with Crippen LogP contribution in [-0.4, -0.2) is 44.3 Å². The van der Waals surface area contributed by atoms with Crippen LogP contribution in [0.2, 0.25) is 10.0 Å². The number of rotatable bonds is 7. The van der Waals surface area contributed by atoms with Gasteiger partial charge in [-0.05, 0) is 21.9 Å². The predicted octanol–water partition coefficient (Wildman–Crippen LogP) is 3.43. The fourth-order valence-corrected chi connectivity index (χ4v) is 3.33. The Balaban J connectivity index is 1.62. The fourth-order valence-electron chi connectivity index (χ4n) is 2.98. The highest BCUT2D eigenvalue weighted by Crippen LogP contribution is 2.30. The van der Waals surface area contributed by atoms with E-state index in [-0.39, 0.29) is 29.3 Å². The Kier molecular flexibility index (Phi) is 6.26. The maximum atomic E-state index is 12.5. The molecule has 0 fully saturated rings. The number of aromatic amines is 1. The molecule has 4 aromatic rings. The van der Waals surface area contributed by atoms with Crippen molar-refractivity contribution >= 4 is 23.2 Å². The van der Waals surface area contributed by atoms with Crippen LogP contribution in [0.1, 0.15) is 5.56 Å². The van der Waals surface area contributed by atoms with Crippen molar-refractivity contribution in [1.82, 2.24) is 30.4 Å². The van der Waals surface area contributed by atoms with Gasteiger partial charge in [0.1, 0.15) is 10.0 Å². The van der Waals surface area contributed by atoms with Crippen molar-refractivity contribution in [2.45, 2.75) is 6.54 Å². The molecular formula is C20H16Cl2N6O3. The van der Waals surface area contributed by atoms with Gasteiger partial charge in [0, 0.05) is 12.7 Å². The minimum Gasteiger partial charge on any atom is -0.448 e. The van der Waals surface area contributed by atoms with E-state index < -0.39 is 5.56 Å². The second kappa shape index (κ2) is 9.25. The lowest BCUT2D eigenvalue weighted by molar-refractivity contribution is 0.0464. The van der Waals surface area contributed by atoms with Gasteiger partial charge in [0.25, 0.3) is 11.4 Å². The lowest BCUT2D eigenvalue weighted by atomic mass is 9.98. The van der Waals surface area contributed by atoms with Crippen LogP contribution in [0.3, 0.4) is 0 Å². The SMILES string of the molecule is COCOc1nn(Cc2ccc(-c3ccccc3-c3nn[nH]n3)cc2)c(=O)c(Cl)c1Cl. The van der Waals surface area contributed by atoms with E-state index in [1.807, 2.05) is 48.5 Å². The third-order valence-corrected chi connectivity index (χ3v) is 5.24. The van der Waals surface area contributed by atoms with Crippen molar-refractivity contribution in [1.29, 1.82) is 0 Å². The minimum atomic E-state index is -0.511. The first kappa shape index (κ1) is 21.0.